The second-order valence-corrected chi connectivity index (χ2v) is 9.59. The molecule has 8 nitrogen and oxygen atoms in total. The molecule has 0 atom stereocenters. The molecular formula is C27H24N4O4S. The van der Waals surface area contributed by atoms with Crippen LogP contribution in [0.4, 0.5) is 17.1 Å². The number of sulfonamides is 1. The van der Waals surface area contributed by atoms with Gasteiger partial charge in [0, 0.05) is 34.7 Å². The second kappa shape index (κ2) is 10.7. The van der Waals surface area contributed by atoms with Gasteiger partial charge in [0.05, 0.1) is 4.90 Å². The lowest BCUT2D eigenvalue weighted by Crippen LogP contribution is -2.23. The van der Waals surface area contributed by atoms with Crippen molar-refractivity contribution >= 4 is 38.9 Å². The van der Waals surface area contributed by atoms with Crippen LogP contribution in [0.5, 0.6) is 0 Å². The molecule has 0 bridgehead atoms. The number of hydrogen-bond acceptors (Lipinski definition) is 5. The minimum atomic E-state index is -3.79. The van der Waals surface area contributed by atoms with E-state index in [1.165, 1.54) is 24.3 Å². The molecule has 0 aromatic heterocycles. The highest BCUT2D eigenvalue weighted by Crippen LogP contribution is 2.18. The van der Waals surface area contributed by atoms with E-state index in [4.69, 9.17) is 5.73 Å². The Hall–Kier alpha value is -4.63. The Morgan fingerprint density at radius 2 is 1.36 bits per heavy atom. The van der Waals surface area contributed by atoms with Crippen molar-refractivity contribution in [2.24, 2.45) is 0 Å². The maximum Gasteiger partial charge on any atom is 0.261 e. The Morgan fingerprint density at radius 3 is 2.08 bits per heavy atom. The number of anilines is 3. The molecule has 0 saturated carbocycles. The van der Waals surface area contributed by atoms with E-state index in [1.54, 1.807) is 60.7 Å². The van der Waals surface area contributed by atoms with Crippen molar-refractivity contribution in [3.63, 3.8) is 0 Å². The fourth-order valence-corrected chi connectivity index (χ4v) is 4.48. The highest BCUT2D eigenvalue weighted by Gasteiger charge is 2.16. The van der Waals surface area contributed by atoms with Crippen LogP contribution < -0.4 is 21.1 Å². The van der Waals surface area contributed by atoms with Gasteiger partial charge in [-0.15, -0.1) is 0 Å². The summed E-state index contributed by atoms with van der Waals surface area (Å²) >= 11 is 0. The van der Waals surface area contributed by atoms with Gasteiger partial charge in [-0.2, -0.15) is 0 Å². The number of carbonyl (C=O) groups excluding carboxylic acids is 2. The summed E-state index contributed by atoms with van der Waals surface area (Å²) in [4.78, 5) is 25.3. The Kier molecular flexibility index (Phi) is 7.31. The van der Waals surface area contributed by atoms with Gasteiger partial charge in [0.1, 0.15) is 0 Å². The fraction of sp³-hybridized carbons (Fsp3) is 0.0370. The number of benzene rings is 4. The van der Waals surface area contributed by atoms with Crippen molar-refractivity contribution in [2.45, 2.75) is 11.4 Å². The van der Waals surface area contributed by atoms with Crippen LogP contribution in [0.3, 0.4) is 0 Å². The topological polar surface area (TPSA) is 130 Å². The zero-order valence-electron chi connectivity index (χ0n) is 19.1. The molecule has 5 N–H and O–H groups in total. The first-order chi connectivity index (χ1) is 17.3. The lowest BCUT2D eigenvalue weighted by molar-refractivity contribution is 0.0949. The van der Waals surface area contributed by atoms with Crippen LogP contribution in [-0.2, 0) is 16.6 Å². The summed E-state index contributed by atoms with van der Waals surface area (Å²) in [5, 5.41) is 5.54. The van der Waals surface area contributed by atoms with Gasteiger partial charge in [-0.3, -0.25) is 14.3 Å². The number of carbonyl (C=O) groups is 2. The first-order valence-electron chi connectivity index (χ1n) is 11.0. The summed E-state index contributed by atoms with van der Waals surface area (Å²) in [6, 6.07) is 27.9. The molecule has 182 valence electrons. The molecule has 9 heteroatoms. The molecule has 2 amide bonds. The summed E-state index contributed by atoms with van der Waals surface area (Å²) in [5.74, 6) is -0.751. The number of amides is 2. The van der Waals surface area contributed by atoms with Crippen molar-refractivity contribution in [1.29, 1.82) is 0 Å². The average Bonchev–Trinajstić information content (AvgIpc) is 2.88. The monoisotopic (exact) mass is 500 g/mol. The van der Waals surface area contributed by atoms with Gasteiger partial charge in [0.2, 0.25) is 0 Å². The van der Waals surface area contributed by atoms with Crippen molar-refractivity contribution < 1.29 is 18.0 Å². The second-order valence-electron chi connectivity index (χ2n) is 7.91. The standard InChI is InChI=1S/C27H24N4O4S/c28-25-12-5-4-7-21(25)18-29-26(32)20-8-6-11-23(17-20)30-27(33)19-13-15-24(16-14-19)36(34,35)31-22-9-2-1-3-10-22/h1-17,31H,18,28H2,(H,29,32)(H,30,33). The first kappa shape index (κ1) is 24.5. The summed E-state index contributed by atoms with van der Waals surface area (Å²) in [5.41, 5.74) is 8.81. The molecule has 0 saturated heterocycles. The highest BCUT2D eigenvalue weighted by molar-refractivity contribution is 7.92. The highest BCUT2D eigenvalue weighted by atomic mass is 32.2. The number of rotatable bonds is 8. The van der Waals surface area contributed by atoms with Crippen LogP contribution in [0.25, 0.3) is 0 Å². The molecular weight excluding hydrogens is 476 g/mol. The molecule has 36 heavy (non-hydrogen) atoms. The number of nitrogen functional groups attached to an aromatic ring is 1. The smallest absolute Gasteiger partial charge is 0.261 e. The van der Waals surface area contributed by atoms with Crippen LogP contribution in [0, 0.1) is 0 Å². The summed E-state index contributed by atoms with van der Waals surface area (Å²) in [7, 11) is -3.79. The largest absolute Gasteiger partial charge is 0.398 e. The van der Waals surface area contributed by atoms with Gasteiger partial charge in [-0.05, 0) is 66.2 Å². The number of para-hydroxylation sites is 2. The lowest BCUT2D eigenvalue weighted by Gasteiger charge is -2.10. The lowest BCUT2D eigenvalue weighted by atomic mass is 10.1. The summed E-state index contributed by atoms with van der Waals surface area (Å²) in [6.45, 7) is 0.274. The Bertz CT molecular complexity index is 1490. The average molecular weight is 501 g/mol. The predicted molar refractivity (Wildman–Crippen MR) is 140 cm³/mol. The number of nitrogens with two attached hydrogens (primary N) is 1. The minimum absolute atomic E-state index is 0.0284. The Labute approximate surface area is 209 Å². The van der Waals surface area contributed by atoms with E-state index in [-0.39, 0.29) is 22.9 Å². The van der Waals surface area contributed by atoms with Crippen LogP contribution in [-0.4, -0.2) is 20.2 Å². The number of nitrogens with one attached hydrogen (secondary N) is 3. The van der Waals surface area contributed by atoms with E-state index in [0.717, 1.165) is 5.56 Å². The molecule has 0 radical (unpaired) electrons. The van der Waals surface area contributed by atoms with E-state index in [9.17, 15) is 18.0 Å². The van der Waals surface area contributed by atoms with Gasteiger partial charge in [0.15, 0.2) is 0 Å². The van der Waals surface area contributed by atoms with Crippen molar-refractivity contribution in [3.8, 4) is 0 Å². The van der Waals surface area contributed by atoms with Crippen LogP contribution in [0.1, 0.15) is 26.3 Å². The van der Waals surface area contributed by atoms with Gasteiger partial charge >= 0.3 is 0 Å². The van der Waals surface area contributed by atoms with Crippen molar-refractivity contribution in [3.05, 3.63) is 120 Å². The SMILES string of the molecule is Nc1ccccc1CNC(=O)c1cccc(NC(=O)c2ccc(S(=O)(=O)Nc3ccccc3)cc2)c1. The zero-order chi connectivity index (χ0) is 25.5. The van der Waals surface area contributed by atoms with E-state index >= 15 is 0 Å². The molecule has 4 rings (SSSR count). The minimum Gasteiger partial charge on any atom is -0.398 e. The molecule has 0 aliphatic rings. The third-order valence-corrected chi connectivity index (χ3v) is 6.73. The Balaban J connectivity index is 1.39. The molecule has 4 aromatic carbocycles. The fourth-order valence-electron chi connectivity index (χ4n) is 3.42. The van der Waals surface area contributed by atoms with Gasteiger partial charge in [0.25, 0.3) is 21.8 Å². The van der Waals surface area contributed by atoms with E-state index in [2.05, 4.69) is 15.4 Å². The maximum atomic E-state index is 12.7. The maximum absolute atomic E-state index is 12.7. The first-order valence-corrected chi connectivity index (χ1v) is 12.5. The molecule has 0 aliphatic carbocycles. The Morgan fingerprint density at radius 1 is 0.694 bits per heavy atom. The van der Waals surface area contributed by atoms with Crippen molar-refractivity contribution in [1.82, 2.24) is 5.32 Å². The van der Waals surface area contributed by atoms with Gasteiger partial charge < -0.3 is 16.4 Å². The molecule has 4 aromatic rings. The van der Waals surface area contributed by atoms with E-state index < -0.39 is 15.9 Å². The third-order valence-electron chi connectivity index (χ3n) is 5.33. The summed E-state index contributed by atoms with van der Waals surface area (Å²) < 4.78 is 27.7. The predicted octanol–water partition coefficient (Wildman–Crippen LogP) is 4.25. The van der Waals surface area contributed by atoms with Gasteiger partial charge in [-0.1, -0.05) is 42.5 Å². The van der Waals surface area contributed by atoms with Crippen LogP contribution in [0.15, 0.2) is 108 Å². The molecule has 0 heterocycles. The molecule has 0 fully saturated rings. The third kappa shape index (κ3) is 6.08. The normalized spacial score (nSPS) is 10.9. The van der Waals surface area contributed by atoms with Crippen molar-refractivity contribution in [2.75, 3.05) is 15.8 Å². The molecule has 0 unspecified atom stereocenters. The molecule has 0 spiro atoms. The summed E-state index contributed by atoms with van der Waals surface area (Å²) in [6.07, 6.45) is 0. The molecule has 0 aliphatic heterocycles. The number of hydrogen-bond donors (Lipinski definition) is 4. The van der Waals surface area contributed by atoms with E-state index in [0.29, 0.717) is 22.6 Å². The quantitative estimate of drug-likeness (QED) is 0.269. The van der Waals surface area contributed by atoms with Crippen LogP contribution >= 0.6 is 0 Å². The zero-order valence-corrected chi connectivity index (χ0v) is 20.0. The van der Waals surface area contributed by atoms with Crippen LogP contribution in [0.2, 0.25) is 0 Å². The van der Waals surface area contributed by atoms with Gasteiger partial charge in [-0.25, -0.2) is 8.42 Å². The van der Waals surface area contributed by atoms with E-state index in [1.807, 2.05) is 18.2 Å².